The summed E-state index contributed by atoms with van der Waals surface area (Å²) in [5.41, 5.74) is 1.84. The SMILES string of the molecule is CC(=O)N(CCC(=O)N(Cc1ccccc1)C(C)C(=O)O)Cc1ccccc1. The van der Waals surface area contributed by atoms with Crippen LogP contribution in [0, 0.1) is 0 Å². The molecule has 0 saturated heterocycles. The Labute approximate surface area is 165 Å². The maximum atomic E-state index is 12.8. The lowest BCUT2D eigenvalue weighted by Crippen LogP contribution is -2.44. The second-order valence-electron chi connectivity index (χ2n) is 6.70. The summed E-state index contributed by atoms with van der Waals surface area (Å²) >= 11 is 0. The number of amides is 2. The molecule has 6 nitrogen and oxygen atoms in total. The smallest absolute Gasteiger partial charge is 0.326 e. The Bertz CT molecular complexity index is 793. The van der Waals surface area contributed by atoms with Crippen molar-refractivity contribution >= 4 is 17.8 Å². The molecule has 2 aromatic rings. The van der Waals surface area contributed by atoms with Gasteiger partial charge in [0.1, 0.15) is 6.04 Å². The Hall–Kier alpha value is -3.15. The topological polar surface area (TPSA) is 77.9 Å². The second kappa shape index (κ2) is 10.3. The summed E-state index contributed by atoms with van der Waals surface area (Å²) in [6.07, 6.45) is 0.0663. The summed E-state index contributed by atoms with van der Waals surface area (Å²) < 4.78 is 0. The minimum absolute atomic E-state index is 0.0663. The lowest BCUT2D eigenvalue weighted by molar-refractivity contribution is -0.150. The third-order valence-electron chi connectivity index (χ3n) is 4.60. The summed E-state index contributed by atoms with van der Waals surface area (Å²) in [6, 6.07) is 17.9. The Morgan fingerprint density at radius 2 is 1.39 bits per heavy atom. The Kier molecular flexibility index (Phi) is 7.75. The van der Waals surface area contributed by atoms with Crippen LogP contribution in [-0.4, -0.2) is 45.3 Å². The fourth-order valence-corrected chi connectivity index (χ4v) is 2.88. The summed E-state index contributed by atoms with van der Waals surface area (Å²) in [7, 11) is 0. The number of carbonyl (C=O) groups is 3. The molecule has 0 aliphatic heterocycles. The van der Waals surface area contributed by atoms with Crippen LogP contribution >= 0.6 is 0 Å². The number of carbonyl (C=O) groups excluding carboxylic acids is 2. The number of aliphatic carboxylic acids is 1. The van der Waals surface area contributed by atoms with E-state index >= 15 is 0 Å². The molecule has 2 aromatic carbocycles. The van der Waals surface area contributed by atoms with Gasteiger partial charge >= 0.3 is 5.97 Å². The average Bonchev–Trinajstić information content (AvgIpc) is 2.69. The van der Waals surface area contributed by atoms with Gasteiger partial charge in [-0.2, -0.15) is 0 Å². The van der Waals surface area contributed by atoms with Crippen molar-refractivity contribution < 1.29 is 19.5 Å². The summed E-state index contributed by atoms with van der Waals surface area (Å²) in [4.78, 5) is 39.2. The van der Waals surface area contributed by atoms with Crippen molar-refractivity contribution in [1.29, 1.82) is 0 Å². The summed E-state index contributed by atoms with van der Waals surface area (Å²) in [6.45, 7) is 3.83. The molecule has 148 valence electrons. The molecule has 1 atom stereocenters. The third-order valence-corrected chi connectivity index (χ3v) is 4.60. The van der Waals surface area contributed by atoms with E-state index in [-0.39, 0.29) is 31.3 Å². The highest BCUT2D eigenvalue weighted by Gasteiger charge is 2.26. The van der Waals surface area contributed by atoms with Gasteiger partial charge in [0.15, 0.2) is 0 Å². The predicted molar refractivity (Wildman–Crippen MR) is 106 cm³/mol. The van der Waals surface area contributed by atoms with Gasteiger partial charge in [0.2, 0.25) is 11.8 Å². The van der Waals surface area contributed by atoms with E-state index in [1.54, 1.807) is 4.90 Å². The van der Waals surface area contributed by atoms with E-state index in [1.807, 2.05) is 60.7 Å². The first-order valence-electron chi connectivity index (χ1n) is 9.24. The molecule has 0 saturated carbocycles. The zero-order chi connectivity index (χ0) is 20.5. The number of hydrogen-bond acceptors (Lipinski definition) is 3. The van der Waals surface area contributed by atoms with Gasteiger partial charge in [0, 0.05) is 33.0 Å². The van der Waals surface area contributed by atoms with E-state index in [4.69, 9.17) is 0 Å². The molecule has 0 fully saturated rings. The van der Waals surface area contributed by atoms with Crippen LogP contribution in [0.15, 0.2) is 60.7 Å². The molecule has 0 radical (unpaired) electrons. The second-order valence-corrected chi connectivity index (χ2v) is 6.70. The van der Waals surface area contributed by atoms with Crippen LogP contribution < -0.4 is 0 Å². The van der Waals surface area contributed by atoms with Crippen molar-refractivity contribution in [2.45, 2.75) is 39.4 Å². The zero-order valence-corrected chi connectivity index (χ0v) is 16.2. The van der Waals surface area contributed by atoms with Crippen LogP contribution in [0.25, 0.3) is 0 Å². The maximum absolute atomic E-state index is 12.8. The fraction of sp³-hybridized carbons (Fsp3) is 0.318. The van der Waals surface area contributed by atoms with Crippen molar-refractivity contribution in [2.75, 3.05) is 6.54 Å². The van der Waals surface area contributed by atoms with Gasteiger partial charge in [-0.25, -0.2) is 4.79 Å². The van der Waals surface area contributed by atoms with E-state index < -0.39 is 12.0 Å². The quantitative estimate of drug-likeness (QED) is 0.723. The lowest BCUT2D eigenvalue weighted by atomic mass is 10.1. The van der Waals surface area contributed by atoms with Crippen molar-refractivity contribution in [3.63, 3.8) is 0 Å². The van der Waals surface area contributed by atoms with Crippen molar-refractivity contribution in [2.24, 2.45) is 0 Å². The van der Waals surface area contributed by atoms with Gasteiger partial charge in [0.25, 0.3) is 0 Å². The molecule has 0 heterocycles. The molecule has 0 spiro atoms. The van der Waals surface area contributed by atoms with Crippen LogP contribution in [0.2, 0.25) is 0 Å². The van der Waals surface area contributed by atoms with Crippen molar-refractivity contribution in [3.05, 3.63) is 71.8 Å². The first-order valence-corrected chi connectivity index (χ1v) is 9.24. The first kappa shape index (κ1) is 21.2. The molecule has 0 aliphatic rings. The molecule has 2 amide bonds. The third kappa shape index (κ3) is 6.23. The van der Waals surface area contributed by atoms with Gasteiger partial charge in [0.05, 0.1) is 0 Å². The molecule has 6 heteroatoms. The van der Waals surface area contributed by atoms with E-state index in [9.17, 15) is 19.5 Å². The predicted octanol–water partition coefficient (Wildman–Crippen LogP) is 2.93. The molecular weight excluding hydrogens is 356 g/mol. The van der Waals surface area contributed by atoms with Crippen LogP contribution in [0.1, 0.15) is 31.4 Å². The molecule has 1 N–H and O–H groups in total. The number of nitrogens with zero attached hydrogens (tertiary/aromatic N) is 2. The van der Waals surface area contributed by atoms with Gasteiger partial charge < -0.3 is 14.9 Å². The highest BCUT2D eigenvalue weighted by molar-refractivity contribution is 5.84. The standard InChI is InChI=1S/C22H26N2O4/c1-17(22(27)28)24(16-20-11-7-4-8-12-20)21(26)13-14-23(18(2)25)15-19-9-5-3-6-10-19/h3-12,17H,13-16H2,1-2H3,(H,27,28). The number of benzene rings is 2. The zero-order valence-electron chi connectivity index (χ0n) is 16.2. The van der Waals surface area contributed by atoms with Crippen LogP contribution in [0.4, 0.5) is 0 Å². The van der Waals surface area contributed by atoms with Gasteiger partial charge in [-0.3, -0.25) is 9.59 Å². The molecule has 0 aromatic heterocycles. The highest BCUT2D eigenvalue weighted by Crippen LogP contribution is 2.12. The maximum Gasteiger partial charge on any atom is 0.326 e. The van der Waals surface area contributed by atoms with Gasteiger partial charge in [-0.1, -0.05) is 60.7 Å². The molecular formula is C22H26N2O4. The number of hydrogen-bond donors (Lipinski definition) is 1. The number of rotatable bonds is 9. The largest absolute Gasteiger partial charge is 0.480 e. The number of carboxylic acid groups (broad SMARTS) is 1. The summed E-state index contributed by atoms with van der Waals surface area (Å²) in [5, 5.41) is 9.38. The van der Waals surface area contributed by atoms with Crippen molar-refractivity contribution in [1.82, 2.24) is 9.80 Å². The number of carboxylic acids is 1. The Morgan fingerprint density at radius 1 is 0.893 bits per heavy atom. The van der Waals surface area contributed by atoms with Crippen LogP contribution in [0.5, 0.6) is 0 Å². The van der Waals surface area contributed by atoms with Crippen LogP contribution in [-0.2, 0) is 27.5 Å². The molecule has 28 heavy (non-hydrogen) atoms. The normalized spacial score (nSPS) is 11.5. The van der Waals surface area contributed by atoms with Crippen molar-refractivity contribution in [3.8, 4) is 0 Å². The van der Waals surface area contributed by atoms with Crippen LogP contribution in [0.3, 0.4) is 0 Å². The minimum Gasteiger partial charge on any atom is -0.480 e. The van der Waals surface area contributed by atoms with E-state index in [1.165, 1.54) is 18.7 Å². The molecule has 2 rings (SSSR count). The van der Waals surface area contributed by atoms with Gasteiger partial charge in [-0.05, 0) is 18.1 Å². The molecule has 1 unspecified atom stereocenters. The lowest BCUT2D eigenvalue weighted by Gasteiger charge is -2.28. The van der Waals surface area contributed by atoms with E-state index in [2.05, 4.69) is 0 Å². The first-order chi connectivity index (χ1) is 13.4. The monoisotopic (exact) mass is 382 g/mol. The highest BCUT2D eigenvalue weighted by atomic mass is 16.4. The average molecular weight is 382 g/mol. The molecule has 0 aliphatic carbocycles. The Morgan fingerprint density at radius 3 is 1.86 bits per heavy atom. The molecule has 0 bridgehead atoms. The van der Waals surface area contributed by atoms with E-state index in [0.29, 0.717) is 6.54 Å². The fourth-order valence-electron chi connectivity index (χ4n) is 2.88. The van der Waals surface area contributed by atoms with Gasteiger partial charge in [-0.15, -0.1) is 0 Å². The Balaban J connectivity index is 2.06. The summed E-state index contributed by atoms with van der Waals surface area (Å²) in [5.74, 6) is -1.48. The minimum atomic E-state index is -1.06. The van der Waals surface area contributed by atoms with E-state index in [0.717, 1.165) is 11.1 Å².